The minimum atomic E-state index is -3.62. The number of para-hydroxylation sites is 2. The number of carbonyl (C=O) groups is 1. The summed E-state index contributed by atoms with van der Waals surface area (Å²) in [7, 11) is -3.62. The van der Waals surface area contributed by atoms with Crippen LogP contribution < -0.4 is 10.0 Å². The van der Waals surface area contributed by atoms with Gasteiger partial charge in [0.1, 0.15) is 17.7 Å². The van der Waals surface area contributed by atoms with Gasteiger partial charge in [-0.2, -0.15) is 0 Å². The summed E-state index contributed by atoms with van der Waals surface area (Å²) >= 11 is 0. The van der Waals surface area contributed by atoms with Gasteiger partial charge < -0.3 is 9.88 Å². The van der Waals surface area contributed by atoms with Gasteiger partial charge in [-0.05, 0) is 38.1 Å². The van der Waals surface area contributed by atoms with E-state index in [4.69, 9.17) is 0 Å². The third kappa shape index (κ3) is 3.61. The number of amides is 1. The van der Waals surface area contributed by atoms with Crippen LogP contribution in [0.5, 0.6) is 0 Å². The summed E-state index contributed by atoms with van der Waals surface area (Å²) < 4.78 is 28.8. The third-order valence-electron chi connectivity index (χ3n) is 4.84. The van der Waals surface area contributed by atoms with Gasteiger partial charge >= 0.3 is 0 Å². The number of imidazole rings is 1. The molecule has 150 valence electrons. The molecule has 0 fully saturated rings. The molecule has 8 nitrogen and oxygen atoms in total. The molecule has 29 heavy (non-hydrogen) atoms. The van der Waals surface area contributed by atoms with Gasteiger partial charge in [-0.15, -0.1) is 0 Å². The van der Waals surface area contributed by atoms with Crippen molar-refractivity contribution in [1.82, 2.24) is 19.6 Å². The fourth-order valence-electron chi connectivity index (χ4n) is 3.40. The van der Waals surface area contributed by atoms with Crippen LogP contribution >= 0.6 is 0 Å². The summed E-state index contributed by atoms with van der Waals surface area (Å²) in [5.41, 5.74) is 2.42. The Hall–Kier alpha value is -3.20. The first-order valence-corrected chi connectivity index (χ1v) is 10.7. The molecule has 0 saturated heterocycles. The maximum atomic E-state index is 12.5. The van der Waals surface area contributed by atoms with Crippen molar-refractivity contribution in [3.8, 4) is 0 Å². The number of hydrogen-bond acceptors (Lipinski definition) is 5. The van der Waals surface area contributed by atoms with Crippen molar-refractivity contribution < 1.29 is 13.2 Å². The Kier molecular flexibility index (Phi) is 4.83. The van der Waals surface area contributed by atoms with E-state index < -0.39 is 16.1 Å². The standard InChI is InChI=1S/C20H21N5O3S/c1-13(22-19-15-7-3-6-10-18(15)29(27,28)24-19)20(26)21-11-12-25-14(2)23-16-8-4-5-9-17(16)25/h3-10,13H,11-12H2,1-2H3,(H,21,26)(H,22,24). The molecule has 1 amide bonds. The van der Waals surface area contributed by atoms with Crippen molar-refractivity contribution >= 4 is 32.8 Å². The predicted molar refractivity (Wildman–Crippen MR) is 110 cm³/mol. The fraction of sp³-hybridized carbons (Fsp3) is 0.250. The van der Waals surface area contributed by atoms with Crippen LogP contribution in [0.2, 0.25) is 0 Å². The van der Waals surface area contributed by atoms with Gasteiger partial charge in [0.2, 0.25) is 5.91 Å². The van der Waals surface area contributed by atoms with Crippen LogP contribution in [0.15, 0.2) is 58.4 Å². The molecule has 0 aliphatic carbocycles. The highest BCUT2D eigenvalue weighted by molar-refractivity contribution is 7.90. The summed E-state index contributed by atoms with van der Waals surface area (Å²) in [6, 6.07) is 13.7. The minimum Gasteiger partial charge on any atom is -0.352 e. The SMILES string of the molecule is Cc1nc2ccccc2n1CCNC(=O)C(C)N=C1NS(=O)(=O)c2ccccc21. The smallest absolute Gasteiger partial charge is 0.263 e. The molecule has 1 unspecified atom stereocenters. The summed E-state index contributed by atoms with van der Waals surface area (Å²) in [5, 5.41) is 2.86. The predicted octanol–water partition coefficient (Wildman–Crippen LogP) is 1.59. The van der Waals surface area contributed by atoms with Crippen molar-refractivity contribution in [3.05, 3.63) is 59.9 Å². The third-order valence-corrected chi connectivity index (χ3v) is 6.24. The molecule has 0 radical (unpaired) electrons. The van der Waals surface area contributed by atoms with Gasteiger partial charge in [0.25, 0.3) is 10.0 Å². The zero-order valence-electron chi connectivity index (χ0n) is 16.1. The highest BCUT2D eigenvalue weighted by atomic mass is 32.2. The minimum absolute atomic E-state index is 0.175. The molecular formula is C20H21N5O3S. The number of rotatable bonds is 5. The number of aliphatic imine (C=N–C) groups is 1. The number of nitrogens with zero attached hydrogens (tertiary/aromatic N) is 3. The van der Waals surface area contributed by atoms with E-state index in [2.05, 4.69) is 20.0 Å². The van der Waals surface area contributed by atoms with Crippen LogP contribution in [-0.2, 0) is 21.4 Å². The number of aromatic nitrogens is 2. The van der Waals surface area contributed by atoms with Crippen molar-refractivity contribution in [1.29, 1.82) is 0 Å². The Balaban J connectivity index is 1.43. The highest BCUT2D eigenvalue weighted by Gasteiger charge is 2.31. The van der Waals surface area contributed by atoms with E-state index in [1.807, 2.05) is 35.8 Å². The molecule has 2 heterocycles. The molecule has 1 aromatic heterocycles. The average Bonchev–Trinajstić information content (AvgIpc) is 3.15. The van der Waals surface area contributed by atoms with E-state index in [9.17, 15) is 13.2 Å². The van der Waals surface area contributed by atoms with Crippen LogP contribution in [0.25, 0.3) is 11.0 Å². The summed E-state index contributed by atoms with van der Waals surface area (Å²) in [6.45, 7) is 4.56. The van der Waals surface area contributed by atoms with Crippen molar-refractivity contribution in [2.75, 3.05) is 6.54 Å². The monoisotopic (exact) mass is 411 g/mol. The molecule has 2 aromatic carbocycles. The van der Waals surface area contributed by atoms with Crippen LogP contribution in [0.1, 0.15) is 18.3 Å². The summed E-state index contributed by atoms with van der Waals surface area (Å²) in [5.74, 6) is 0.800. The zero-order valence-corrected chi connectivity index (χ0v) is 16.9. The van der Waals surface area contributed by atoms with E-state index in [0.29, 0.717) is 18.7 Å². The van der Waals surface area contributed by atoms with Gasteiger partial charge in [0.15, 0.2) is 0 Å². The van der Waals surface area contributed by atoms with Crippen LogP contribution in [-0.4, -0.2) is 42.3 Å². The number of hydrogen-bond donors (Lipinski definition) is 2. The van der Waals surface area contributed by atoms with Crippen molar-refractivity contribution in [3.63, 3.8) is 0 Å². The van der Waals surface area contributed by atoms with Crippen molar-refractivity contribution in [2.45, 2.75) is 31.3 Å². The molecule has 0 bridgehead atoms. The maximum absolute atomic E-state index is 12.5. The van der Waals surface area contributed by atoms with Gasteiger partial charge in [-0.25, -0.2) is 13.4 Å². The molecule has 0 spiro atoms. The van der Waals surface area contributed by atoms with E-state index in [1.165, 1.54) is 6.07 Å². The van der Waals surface area contributed by atoms with Crippen LogP contribution in [0, 0.1) is 6.92 Å². The van der Waals surface area contributed by atoms with Gasteiger partial charge in [-0.3, -0.25) is 14.5 Å². The van der Waals surface area contributed by atoms with E-state index in [-0.39, 0.29) is 16.6 Å². The molecule has 4 rings (SSSR count). The Morgan fingerprint density at radius 2 is 1.93 bits per heavy atom. The van der Waals surface area contributed by atoms with Gasteiger partial charge in [0, 0.05) is 18.7 Å². The number of carbonyl (C=O) groups excluding carboxylic acids is 1. The number of sulfonamides is 1. The number of nitrogens with one attached hydrogen (secondary N) is 2. The zero-order chi connectivity index (χ0) is 20.6. The quantitative estimate of drug-likeness (QED) is 0.665. The van der Waals surface area contributed by atoms with Crippen LogP contribution in [0.3, 0.4) is 0 Å². The second-order valence-corrected chi connectivity index (χ2v) is 8.50. The van der Waals surface area contributed by atoms with E-state index >= 15 is 0 Å². The lowest BCUT2D eigenvalue weighted by Gasteiger charge is -2.11. The fourth-order valence-corrected chi connectivity index (χ4v) is 4.64. The second-order valence-electron chi connectivity index (χ2n) is 6.85. The Labute approximate surface area is 168 Å². The number of amidine groups is 1. The lowest BCUT2D eigenvalue weighted by atomic mass is 10.2. The summed E-state index contributed by atoms with van der Waals surface area (Å²) in [4.78, 5) is 21.4. The first-order valence-electron chi connectivity index (χ1n) is 9.26. The lowest BCUT2D eigenvalue weighted by Crippen LogP contribution is -2.35. The molecule has 1 aliphatic rings. The molecule has 2 N–H and O–H groups in total. The highest BCUT2D eigenvalue weighted by Crippen LogP contribution is 2.22. The van der Waals surface area contributed by atoms with E-state index in [1.54, 1.807) is 25.1 Å². The maximum Gasteiger partial charge on any atom is 0.263 e. The van der Waals surface area contributed by atoms with E-state index in [0.717, 1.165) is 16.9 Å². The summed E-state index contributed by atoms with van der Waals surface area (Å²) in [6.07, 6.45) is 0. The average molecular weight is 411 g/mol. The first kappa shape index (κ1) is 19.1. The normalized spacial score (nSPS) is 17.1. The Bertz CT molecular complexity index is 1230. The largest absolute Gasteiger partial charge is 0.352 e. The topological polar surface area (TPSA) is 105 Å². The molecule has 1 atom stereocenters. The molecule has 0 saturated carbocycles. The number of fused-ring (bicyclic) bond motifs is 2. The van der Waals surface area contributed by atoms with Crippen molar-refractivity contribution in [2.24, 2.45) is 4.99 Å². The Morgan fingerprint density at radius 1 is 1.21 bits per heavy atom. The van der Waals surface area contributed by atoms with Gasteiger partial charge in [-0.1, -0.05) is 24.3 Å². The molecule has 9 heteroatoms. The Morgan fingerprint density at radius 3 is 2.76 bits per heavy atom. The lowest BCUT2D eigenvalue weighted by molar-refractivity contribution is -0.121. The molecule has 3 aromatic rings. The molecule has 1 aliphatic heterocycles. The second kappa shape index (κ2) is 7.32. The van der Waals surface area contributed by atoms with Crippen LogP contribution in [0.4, 0.5) is 0 Å². The number of benzene rings is 2. The van der Waals surface area contributed by atoms with Gasteiger partial charge in [0.05, 0.1) is 15.9 Å². The number of aryl methyl sites for hydroxylation is 1. The molecular weight excluding hydrogens is 390 g/mol. The first-order chi connectivity index (χ1) is 13.9.